The fraction of sp³-hybridized carbons (Fsp3) is 0.235. The summed E-state index contributed by atoms with van der Waals surface area (Å²) >= 11 is 17.9. The minimum Gasteiger partial charge on any atom is -0.496 e. The molecule has 0 heterocycles. The summed E-state index contributed by atoms with van der Waals surface area (Å²) in [7, 11) is 3.53. The Morgan fingerprint density at radius 2 is 1.79 bits per heavy atom. The van der Waals surface area contributed by atoms with Crippen molar-refractivity contribution in [1.82, 2.24) is 0 Å². The van der Waals surface area contributed by atoms with E-state index < -0.39 is 0 Å². The molecule has 7 heteroatoms. The average molecular weight is 389 g/mol. The molecule has 0 spiro atoms. The van der Waals surface area contributed by atoms with E-state index >= 15 is 0 Å². The Balaban J connectivity index is 1.98. The van der Waals surface area contributed by atoms with Crippen molar-refractivity contribution < 1.29 is 14.4 Å². The average Bonchev–Trinajstić information content (AvgIpc) is 2.50. The number of likely N-dealkylation sites (N-methyl/N-ethyl adjacent to an activating group) is 1. The van der Waals surface area contributed by atoms with Crippen molar-refractivity contribution >= 4 is 46.4 Å². The van der Waals surface area contributed by atoms with Crippen LogP contribution in [0.5, 0.6) is 5.75 Å². The van der Waals surface area contributed by atoms with Crippen LogP contribution < -0.4 is 15.0 Å². The zero-order valence-corrected chi connectivity index (χ0v) is 15.6. The van der Waals surface area contributed by atoms with Gasteiger partial charge in [-0.05, 0) is 36.4 Å². The molecule has 0 saturated heterocycles. The summed E-state index contributed by atoms with van der Waals surface area (Å²) in [5.41, 5.74) is 1.49. The molecule has 0 aliphatic heterocycles. The number of anilines is 1. The predicted octanol–water partition coefficient (Wildman–Crippen LogP) is 3.31. The van der Waals surface area contributed by atoms with Crippen molar-refractivity contribution in [2.24, 2.45) is 0 Å². The highest BCUT2D eigenvalue weighted by Gasteiger charge is 2.15. The van der Waals surface area contributed by atoms with Crippen LogP contribution in [-0.4, -0.2) is 26.6 Å². The summed E-state index contributed by atoms with van der Waals surface area (Å²) in [5.74, 6) is 0.609. The molecule has 0 bridgehead atoms. The van der Waals surface area contributed by atoms with Gasteiger partial charge < -0.3 is 15.0 Å². The molecule has 1 atom stereocenters. The van der Waals surface area contributed by atoms with E-state index in [0.29, 0.717) is 27.3 Å². The van der Waals surface area contributed by atoms with Gasteiger partial charge in [0.2, 0.25) is 0 Å². The number of hydrogen-bond donors (Lipinski definition) is 2. The highest BCUT2D eigenvalue weighted by Crippen LogP contribution is 2.25. The van der Waals surface area contributed by atoms with E-state index in [1.807, 2.05) is 19.2 Å². The van der Waals surface area contributed by atoms with Crippen molar-refractivity contribution in [3.63, 3.8) is 0 Å². The third-order valence-corrected chi connectivity index (χ3v) is 4.19. The van der Waals surface area contributed by atoms with Crippen molar-refractivity contribution in [2.75, 3.05) is 26.0 Å². The quantitative estimate of drug-likeness (QED) is 0.797. The number of hydrogen-bond acceptors (Lipinski definition) is 2. The molecular formula is C17H18Cl3N2O2+. The maximum atomic E-state index is 12.2. The molecule has 1 unspecified atom stereocenters. The number of halogens is 3. The summed E-state index contributed by atoms with van der Waals surface area (Å²) in [6.07, 6.45) is 0. The zero-order valence-electron chi connectivity index (χ0n) is 13.3. The lowest BCUT2D eigenvalue weighted by Crippen LogP contribution is -3.08. The summed E-state index contributed by atoms with van der Waals surface area (Å²) in [6, 6.07) is 10.4. The molecule has 2 aromatic carbocycles. The van der Waals surface area contributed by atoms with Gasteiger partial charge in [-0.1, -0.05) is 34.8 Å². The largest absolute Gasteiger partial charge is 0.496 e. The van der Waals surface area contributed by atoms with Gasteiger partial charge in [0.05, 0.1) is 24.9 Å². The topological polar surface area (TPSA) is 42.8 Å². The second-order valence-electron chi connectivity index (χ2n) is 5.44. The molecule has 128 valence electrons. The third kappa shape index (κ3) is 5.28. The molecule has 0 fully saturated rings. The van der Waals surface area contributed by atoms with Gasteiger partial charge in [0.25, 0.3) is 5.91 Å². The maximum Gasteiger partial charge on any atom is 0.279 e. The van der Waals surface area contributed by atoms with Crippen LogP contribution in [0.2, 0.25) is 15.1 Å². The number of methoxy groups -OCH3 is 1. The monoisotopic (exact) mass is 387 g/mol. The number of carbonyl (C=O) groups excluding carboxylic acids is 1. The van der Waals surface area contributed by atoms with E-state index in [0.717, 1.165) is 16.2 Å². The maximum absolute atomic E-state index is 12.2. The number of ether oxygens (including phenoxy) is 1. The molecule has 0 saturated carbocycles. The van der Waals surface area contributed by atoms with E-state index in [1.165, 1.54) is 0 Å². The lowest BCUT2D eigenvalue weighted by molar-refractivity contribution is -0.885. The van der Waals surface area contributed by atoms with E-state index in [9.17, 15) is 4.79 Å². The fourth-order valence-electron chi connectivity index (χ4n) is 2.33. The van der Waals surface area contributed by atoms with Crippen LogP contribution in [0.3, 0.4) is 0 Å². The van der Waals surface area contributed by atoms with Gasteiger partial charge >= 0.3 is 0 Å². The second-order valence-corrected chi connectivity index (χ2v) is 6.72. The number of benzene rings is 2. The van der Waals surface area contributed by atoms with Gasteiger partial charge in [0, 0.05) is 15.6 Å². The number of rotatable bonds is 6. The first-order valence-corrected chi connectivity index (χ1v) is 8.41. The van der Waals surface area contributed by atoms with Gasteiger partial charge in [0.15, 0.2) is 6.54 Å². The molecule has 2 aromatic rings. The van der Waals surface area contributed by atoms with E-state index in [1.54, 1.807) is 31.4 Å². The SMILES string of the molecule is COc1ccc(Cl)cc1C[NH+](C)CC(=O)Nc1ccc(Cl)cc1Cl. The van der Waals surface area contributed by atoms with Gasteiger partial charge in [-0.2, -0.15) is 0 Å². The lowest BCUT2D eigenvalue weighted by Gasteiger charge is -2.16. The first-order valence-electron chi connectivity index (χ1n) is 7.27. The van der Waals surface area contributed by atoms with E-state index in [-0.39, 0.29) is 12.5 Å². The Morgan fingerprint density at radius 3 is 2.46 bits per heavy atom. The zero-order chi connectivity index (χ0) is 17.7. The first kappa shape index (κ1) is 18.9. The third-order valence-electron chi connectivity index (χ3n) is 3.40. The molecule has 2 N–H and O–H groups in total. The van der Waals surface area contributed by atoms with Crippen LogP contribution in [0.1, 0.15) is 5.56 Å². The van der Waals surface area contributed by atoms with Crippen LogP contribution in [-0.2, 0) is 11.3 Å². The predicted molar refractivity (Wildman–Crippen MR) is 98.6 cm³/mol. The Morgan fingerprint density at radius 1 is 1.12 bits per heavy atom. The molecule has 0 aliphatic carbocycles. The molecule has 24 heavy (non-hydrogen) atoms. The molecule has 0 aromatic heterocycles. The van der Waals surface area contributed by atoms with Crippen molar-refractivity contribution in [2.45, 2.75) is 6.54 Å². The number of carbonyl (C=O) groups is 1. The fourth-order valence-corrected chi connectivity index (χ4v) is 2.98. The highest BCUT2D eigenvalue weighted by atomic mass is 35.5. The molecule has 0 radical (unpaired) electrons. The first-order chi connectivity index (χ1) is 11.4. The Labute approximate surface area is 156 Å². The second kappa shape index (κ2) is 8.58. The molecule has 1 amide bonds. The van der Waals surface area contributed by atoms with Crippen molar-refractivity contribution in [3.05, 3.63) is 57.0 Å². The van der Waals surface area contributed by atoms with Gasteiger partial charge in [0.1, 0.15) is 12.3 Å². The van der Waals surface area contributed by atoms with Crippen molar-refractivity contribution in [1.29, 1.82) is 0 Å². The number of amides is 1. The number of quaternary nitrogens is 1. The smallest absolute Gasteiger partial charge is 0.279 e. The Kier molecular flexibility index (Phi) is 6.75. The van der Waals surface area contributed by atoms with E-state index in [4.69, 9.17) is 39.5 Å². The normalized spacial score (nSPS) is 11.9. The molecular weight excluding hydrogens is 371 g/mol. The van der Waals surface area contributed by atoms with Crippen LogP contribution >= 0.6 is 34.8 Å². The minimum atomic E-state index is -0.141. The summed E-state index contributed by atoms with van der Waals surface area (Å²) in [4.78, 5) is 13.2. The van der Waals surface area contributed by atoms with Crippen LogP contribution in [0.25, 0.3) is 0 Å². The van der Waals surface area contributed by atoms with Crippen LogP contribution in [0.4, 0.5) is 5.69 Å². The van der Waals surface area contributed by atoms with Gasteiger partial charge in [-0.25, -0.2) is 0 Å². The van der Waals surface area contributed by atoms with Gasteiger partial charge in [-0.3, -0.25) is 4.79 Å². The highest BCUT2D eigenvalue weighted by molar-refractivity contribution is 6.36. The Hall–Kier alpha value is -1.46. The summed E-state index contributed by atoms with van der Waals surface area (Å²) < 4.78 is 5.33. The standard InChI is InChI=1S/C17H17Cl3N2O2/c1-22(9-11-7-12(18)4-6-16(11)24-2)10-17(23)21-15-5-3-13(19)8-14(15)20/h3-8H,9-10H2,1-2H3,(H,21,23)/p+1. The Bertz CT molecular complexity index is 738. The van der Waals surface area contributed by atoms with Crippen molar-refractivity contribution in [3.8, 4) is 5.75 Å². The minimum absolute atomic E-state index is 0.141. The van der Waals surface area contributed by atoms with E-state index in [2.05, 4.69) is 5.32 Å². The van der Waals surface area contributed by atoms with Crippen LogP contribution in [0, 0.1) is 0 Å². The molecule has 4 nitrogen and oxygen atoms in total. The summed E-state index contributed by atoms with van der Waals surface area (Å²) in [5, 5.41) is 4.35. The summed E-state index contributed by atoms with van der Waals surface area (Å²) in [6.45, 7) is 0.875. The molecule has 0 aliphatic rings. The molecule has 2 rings (SSSR count). The van der Waals surface area contributed by atoms with Gasteiger partial charge in [-0.15, -0.1) is 0 Å². The lowest BCUT2D eigenvalue weighted by atomic mass is 10.2. The van der Waals surface area contributed by atoms with Crippen LogP contribution in [0.15, 0.2) is 36.4 Å². The number of nitrogens with one attached hydrogen (secondary N) is 2.